The van der Waals surface area contributed by atoms with E-state index in [0.717, 1.165) is 25.7 Å². The van der Waals surface area contributed by atoms with Gasteiger partial charge in [0.05, 0.1) is 12.5 Å². The molecule has 2 rings (SSSR count). The second kappa shape index (κ2) is 5.48. The number of carbonyl (C=O) groups is 1. The van der Waals surface area contributed by atoms with E-state index in [1.807, 2.05) is 0 Å². The molecule has 3 atom stereocenters. The molecule has 3 heteroatoms. The Morgan fingerprint density at radius 2 is 2.25 bits per heavy atom. The molecule has 0 radical (unpaired) electrons. The highest BCUT2D eigenvalue weighted by Crippen LogP contribution is 2.43. The van der Waals surface area contributed by atoms with Crippen LogP contribution >= 0.6 is 0 Å². The van der Waals surface area contributed by atoms with Gasteiger partial charge in [0.1, 0.15) is 0 Å². The highest BCUT2D eigenvalue weighted by molar-refractivity contribution is 5.74. The molecule has 0 aromatic rings. The number of esters is 1. The normalized spacial score (nSPS) is 30.9. The average molecular weight is 224 g/mol. The van der Waals surface area contributed by atoms with Gasteiger partial charge in [-0.3, -0.25) is 4.79 Å². The van der Waals surface area contributed by atoms with E-state index in [2.05, 4.69) is 19.1 Å². The lowest BCUT2D eigenvalue weighted by atomic mass is 9.94. The third-order valence-corrected chi connectivity index (χ3v) is 3.51. The summed E-state index contributed by atoms with van der Waals surface area (Å²) in [5.41, 5.74) is 0. The van der Waals surface area contributed by atoms with E-state index in [-0.39, 0.29) is 18.7 Å². The summed E-state index contributed by atoms with van der Waals surface area (Å²) in [6, 6.07) is 0. The summed E-state index contributed by atoms with van der Waals surface area (Å²) >= 11 is 0. The molecule has 0 spiro atoms. The van der Waals surface area contributed by atoms with Gasteiger partial charge in [0.2, 0.25) is 0 Å². The van der Waals surface area contributed by atoms with Gasteiger partial charge < -0.3 is 9.47 Å². The Morgan fingerprint density at radius 3 is 2.88 bits per heavy atom. The van der Waals surface area contributed by atoms with Gasteiger partial charge in [-0.25, -0.2) is 0 Å². The SMILES string of the molecule is CCCCOCOC(=O)C1CC2C=CC1C2. The summed E-state index contributed by atoms with van der Waals surface area (Å²) in [6.07, 6.45) is 8.62. The van der Waals surface area contributed by atoms with E-state index in [9.17, 15) is 4.79 Å². The Kier molecular flexibility index (Phi) is 3.99. The van der Waals surface area contributed by atoms with Gasteiger partial charge >= 0.3 is 5.97 Å². The number of carbonyl (C=O) groups excluding carboxylic acids is 1. The first-order chi connectivity index (χ1) is 7.81. The Morgan fingerprint density at radius 1 is 1.38 bits per heavy atom. The second-order valence-electron chi connectivity index (χ2n) is 4.73. The molecule has 0 aliphatic heterocycles. The number of unbranched alkanes of at least 4 members (excludes halogenated alkanes) is 1. The topological polar surface area (TPSA) is 35.5 Å². The first-order valence-electron chi connectivity index (χ1n) is 6.24. The van der Waals surface area contributed by atoms with E-state index in [1.165, 1.54) is 0 Å². The van der Waals surface area contributed by atoms with Crippen molar-refractivity contribution in [1.82, 2.24) is 0 Å². The quantitative estimate of drug-likeness (QED) is 0.301. The molecule has 1 saturated carbocycles. The summed E-state index contributed by atoms with van der Waals surface area (Å²) in [5.74, 6) is 1.05. The number of hydrogen-bond donors (Lipinski definition) is 0. The lowest BCUT2D eigenvalue weighted by Gasteiger charge is -2.16. The maximum Gasteiger partial charge on any atom is 0.311 e. The fourth-order valence-electron chi connectivity index (χ4n) is 2.56. The van der Waals surface area contributed by atoms with Crippen LogP contribution in [0, 0.1) is 17.8 Å². The smallest absolute Gasteiger partial charge is 0.311 e. The van der Waals surface area contributed by atoms with E-state index >= 15 is 0 Å². The summed E-state index contributed by atoms with van der Waals surface area (Å²) in [4.78, 5) is 11.7. The first kappa shape index (κ1) is 11.6. The average Bonchev–Trinajstić information content (AvgIpc) is 2.90. The van der Waals surface area contributed by atoms with Crippen molar-refractivity contribution in [1.29, 1.82) is 0 Å². The second-order valence-corrected chi connectivity index (χ2v) is 4.73. The van der Waals surface area contributed by atoms with Crippen molar-refractivity contribution >= 4 is 5.97 Å². The van der Waals surface area contributed by atoms with Gasteiger partial charge in [-0.05, 0) is 31.1 Å². The van der Waals surface area contributed by atoms with Gasteiger partial charge in [0, 0.05) is 0 Å². The van der Waals surface area contributed by atoms with Crippen LogP contribution in [0.3, 0.4) is 0 Å². The molecule has 0 saturated heterocycles. The molecule has 0 aromatic carbocycles. The highest BCUT2D eigenvalue weighted by atomic mass is 16.7. The Balaban J connectivity index is 1.63. The molecule has 0 heterocycles. The molecule has 3 nitrogen and oxygen atoms in total. The largest absolute Gasteiger partial charge is 0.438 e. The monoisotopic (exact) mass is 224 g/mol. The number of rotatable bonds is 6. The third-order valence-electron chi connectivity index (χ3n) is 3.51. The summed E-state index contributed by atoms with van der Waals surface area (Å²) < 4.78 is 10.4. The minimum Gasteiger partial charge on any atom is -0.438 e. The van der Waals surface area contributed by atoms with Crippen molar-refractivity contribution < 1.29 is 14.3 Å². The number of hydrogen-bond acceptors (Lipinski definition) is 3. The molecule has 2 bridgehead atoms. The number of fused-ring (bicyclic) bond motifs is 2. The number of allylic oxidation sites excluding steroid dienone is 2. The molecule has 16 heavy (non-hydrogen) atoms. The highest BCUT2D eigenvalue weighted by Gasteiger charge is 2.40. The van der Waals surface area contributed by atoms with Crippen LogP contribution in [-0.2, 0) is 14.3 Å². The van der Waals surface area contributed by atoms with Crippen LogP contribution in [0.15, 0.2) is 12.2 Å². The van der Waals surface area contributed by atoms with Gasteiger partial charge in [0.15, 0.2) is 6.79 Å². The van der Waals surface area contributed by atoms with Crippen LogP contribution in [0.1, 0.15) is 32.6 Å². The fraction of sp³-hybridized carbons (Fsp3) is 0.769. The molecule has 2 aliphatic rings. The van der Waals surface area contributed by atoms with Crippen LogP contribution in [0.5, 0.6) is 0 Å². The molecule has 0 N–H and O–H groups in total. The maximum atomic E-state index is 11.7. The molecule has 0 aromatic heterocycles. The Labute approximate surface area is 96.8 Å². The molecular weight excluding hydrogens is 204 g/mol. The van der Waals surface area contributed by atoms with Crippen molar-refractivity contribution in [3.8, 4) is 0 Å². The predicted octanol–water partition coefficient (Wildman–Crippen LogP) is 2.52. The van der Waals surface area contributed by atoms with Crippen LogP contribution in [0.4, 0.5) is 0 Å². The van der Waals surface area contributed by atoms with E-state index in [0.29, 0.717) is 18.4 Å². The molecule has 1 fully saturated rings. The minimum atomic E-state index is -0.0756. The van der Waals surface area contributed by atoms with Gasteiger partial charge in [-0.15, -0.1) is 0 Å². The van der Waals surface area contributed by atoms with Crippen molar-refractivity contribution in [2.24, 2.45) is 17.8 Å². The maximum absolute atomic E-state index is 11.7. The predicted molar refractivity (Wildman–Crippen MR) is 60.7 cm³/mol. The van der Waals surface area contributed by atoms with Crippen molar-refractivity contribution in [3.05, 3.63) is 12.2 Å². The van der Waals surface area contributed by atoms with E-state index in [1.54, 1.807) is 0 Å². The zero-order valence-corrected chi connectivity index (χ0v) is 9.85. The van der Waals surface area contributed by atoms with E-state index < -0.39 is 0 Å². The van der Waals surface area contributed by atoms with Crippen LogP contribution in [0.25, 0.3) is 0 Å². The fourth-order valence-corrected chi connectivity index (χ4v) is 2.56. The van der Waals surface area contributed by atoms with Gasteiger partial charge in [0.25, 0.3) is 0 Å². The summed E-state index contributed by atoms with van der Waals surface area (Å²) in [6.45, 7) is 2.91. The lowest BCUT2D eigenvalue weighted by Crippen LogP contribution is -2.22. The zero-order valence-electron chi connectivity index (χ0n) is 9.85. The molecular formula is C13H20O3. The van der Waals surface area contributed by atoms with Crippen LogP contribution < -0.4 is 0 Å². The Hall–Kier alpha value is -0.830. The van der Waals surface area contributed by atoms with Gasteiger partial charge in [-0.1, -0.05) is 25.5 Å². The van der Waals surface area contributed by atoms with Crippen molar-refractivity contribution in [2.75, 3.05) is 13.4 Å². The third kappa shape index (κ3) is 2.64. The van der Waals surface area contributed by atoms with Gasteiger partial charge in [-0.2, -0.15) is 0 Å². The first-order valence-corrected chi connectivity index (χ1v) is 6.24. The minimum absolute atomic E-state index is 0.0756. The molecule has 2 aliphatic carbocycles. The standard InChI is InChI=1S/C13H20O3/c1-2-3-6-15-9-16-13(14)12-8-10-4-5-11(12)7-10/h4-5,10-12H,2-3,6-9H2,1H3. The molecule has 0 amide bonds. The van der Waals surface area contributed by atoms with Crippen molar-refractivity contribution in [3.63, 3.8) is 0 Å². The lowest BCUT2D eigenvalue weighted by molar-refractivity contribution is -0.162. The summed E-state index contributed by atoms with van der Waals surface area (Å²) in [5, 5.41) is 0. The Bertz CT molecular complexity index is 272. The van der Waals surface area contributed by atoms with Crippen LogP contribution in [-0.4, -0.2) is 19.4 Å². The molecule has 3 unspecified atom stereocenters. The number of ether oxygens (including phenoxy) is 2. The zero-order chi connectivity index (χ0) is 11.4. The van der Waals surface area contributed by atoms with E-state index in [4.69, 9.17) is 9.47 Å². The molecule has 90 valence electrons. The van der Waals surface area contributed by atoms with Crippen LogP contribution in [0.2, 0.25) is 0 Å². The van der Waals surface area contributed by atoms with Crippen molar-refractivity contribution in [2.45, 2.75) is 32.6 Å². The summed E-state index contributed by atoms with van der Waals surface area (Å²) in [7, 11) is 0.